The van der Waals surface area contributed by atoms with Crippen molar-refractivity contribution >= 4 is 29.1 Å². The number of carbonyl (C=O) groups excluding carboxylic acids is 1. The first kappa shape index (κ1) is 19.9. The van der Waals surface area contributed by atoms with E-state index in [1.165, 1.54) is 12.4 Å². The van der Waals surface area contributed by atoms with Crippen LogP contribution in [-0.4, -0.2) is 64.5 Å². The van der Waals surface area contributed by atoms with Crippen LogP contribution in [0.15, 0.2) is 30.6 Å². The zero-order chi connectivity index (χ0) is 19.2. The highest BCUT2D eigenvalue weighted by molar-refractivity contribution is 6.42. The number of hydrogen-bond donors (Lipinski definition) is 3. The van der Waals surface area contributed by atoms with Crippen LogP contribution in [0.25, 0.3) is 0 Å². The van der Waals surface area contributed by atoms with Crippen molar-refractivity contribution in [3.63, 3.8) is 0 Å². The molecule has 1 aromatic heterocycles. The quantitative estimate of drug-likeness (QED) is 0.649. The van der Waals surface area contributed by atoms with Gasteiger partial charge < -0.3 is 20.1 Å². The Morgan fingerprint density at radius 3 is 2.81 bits per heavy atom. The minimum atomic E-state index is -0.631. The Bertz CT molecular complexity index is 749. The standard InChI is InChI=1S/C18H22Cl2N4O3/c19-16-2-1-15(7-17(16)20)27-14-3-5-24(6-4-14)11-13(25)10-21-18(26)12-8-22-23-9-12/h1-2,7-9,13-14,25H,3-6,10-11H2,(H,21,26)(H,22,23)/t13-/m1/s1. The summed E-state index contributed by atoms with van der Waals surface area (Å²) < 4.78 is 5.97. The highest BCUT2D eigenvalue weighted by Crippen LogP contribution is 2.28. The second-order valence-electron chi connectivity index (χ2n) is 6.54. The smallest absolute Gasteiger partial charge is 0.254 e. The number of H-pyrrole nitrogens is 1. The largest absolute Gasteiger partial charge is 0.490 e. The monoisotopic (exact) mass is 412 g/mol. The number of ether oxygens (including phenoxy) is 1. The highest BCUT2D eigenvalue weighted by atomic mass is 35.5. The van der Waals surface area contributed by atoms with Gasteiger partial charge in [-0.2, -0.15) is 5.10 Å². The molecule has 9 heteroatoms. The van der Waals surface area contributed by atoms with E-state index in [2.05, 4.69) is 20.4 Å². The number of amides is 1. The number of aliphatic hydroxyl groups excluding tert-OH is 1. The third-order valence-corrected chi connectivity index (χ3v) is 5.20. The molecule has 7 nitrogen and oxygen atoms in total. The van der Waals surface area contributed by atoms with Crippen LogP contribution in [0.2, 0.25) is 10.0 Å². The lowest BCUT2D eigenvalue weighted by Gasteiger charge is -2.33. The summed E-state index contributed by atoms with van der Waals surface area (Å²) >= 11 is 11.9. The van der Waals surface area contributed by atoms with Crippen molar-refractivity contribution < 1.29 is 14.6 Å². The molecule has 0 unspecified atom stereocenters. The molecule has 1 aliphatic heterocycles. The van der Waals surface area contributed by atoms with E-state index >= 15 is 0 Å². The summed E-state index contributed by atoms with van der Waals surface area (Å²) in [4.78, 5) is 14.0. The first-order valence-electron chi connectivity index (χ1n) is 8.80. The van der Waals surface area contributed by atoms with Crippen LogP contribution in [0.4, 0.5) is 0 Å². The van der Waals surface area contributed by atoms with Gasteiger partial charge in [0.25, 0.3) is 5.91 Å². The first-order valence-corrected chi connectivity index (χ1v) is 9.56. The lowest BCUT2D eigenvalue weighted by atomic mass is 10.1. The fourth-order valence-electron chi connectivity index (χ4n) is 3.00. The summed E-state index contributed by atoms with van der Waals surface area (Å²) in [6, 6.07) is 5.26. The van der Waals surface area contributed by atoms with Crippen molar-refractivity contribution in [3.8, 4) is 5.75 Å². The molecule has 1 saturated heterocycles. The third kappa shape index (κ3) is 5.84. The number of β-amino-alcohol motifs (C(OH)–C–C–N with tert-alkyl or cyclic N) is 1. The van der Waals surface area contributed by atoms with Crippen molar-refractivity contribution in [1.29, 1.82) is 0 Å². The van der Waals surface area contributed by atoms with E-state index < -0.39 is 6.10 Å². The summed E-state index contributed by atoms with van der Waals surface area (Å²) in [5.74, 6) is 0.460. The maximum absolute atomic E-state index is 11.8. The normalized spacial score (nSPS) is 16.9. The molecule has 2 aromatic rings. The predicted molar refractivity (Wildman–Crippen MR) is 103 cm³/mol. The molecule has 1 amide bonds. The van der Waals surface area contributed by atoms with E-state index in [1.54, 1.807) is 12.1 Å². The molecule has 3 N–H and O–H groups in total. The fraction of sp³-hybridized carbons (Fsp3) is 0.444. The van der Waals surface area contributed by atoms with Crippen LogP contribution in [0.3, 0.4) is 0 Å². The van der Waals surface area contributed by atoms with Crippen LogP contribution >= 0.6 is 23.2 Å². The zero-order valence-electron chi connectivity index (χ0n) is 14.7. The van der Waals surface area contributed by atoms with Crippen molar-refractivity contribution in [2.45, 2.75) is 25.0 Å². The molecule has 0 saturated carbocycles. The number of rotatable bonds is 7. The number of halogens is 2. The minimum Gasteiger partial charge on any atom is -0.490 e. The first-order chi connectivity index (χ1) is 13.0. The van der Waals surface area contributed by atoms with Gasteiger partial charge >= 0.3 is 0 Å². The van der Waals surface area contributed by atoms with Gasteiger partial charge in [-0.25, -0.2) is 0 Å². The number of aliphatic hydroxyl groups is 1. The molecule has 0 bridgehead atoms. The maximum atomic E-state index is 11.8. The Hall–Kier alpha value is -1.80. The molecule has 1 aliphatic rings. The number of nitrogens with zero attached hydrogens (tertiary/aromatic N) is 2. The molecule has 146 valence electrons. The molecule has 0 spiro atoms. The summed E-state index contributed by atoms with van der Waals surface area (Å²) in [6.07, 6.45) is 4.15. The number of piperidine rings is 1. The highest BCUT2D eigenvalue weighted by Gasteiger charge is 2.22. The van der Waals surface area contributed by atoms with Gasteiger partial charge in [-0.15, -0.1) is 0 Å². The van der Waals surface area contributed by atoms with Gasteiger partial charge in [0, 0.05) is 38.4 Å². The Labute approximate surface area is 167 Å². The number of carbonyl (C=O) groups is 1. The Morgan fingerprint density at radius 1 is 1.37 bits per heavy atom. The SMILES string of the molecule is O=C(NC[C@@H](O)CN1CCC(Oc2ccc(Cl)c(Cl)c2)CC1)c1cn[nH]c1. The number of hydrogen-bond acceptors (Lipinski definition) is 5. The lowest BCUT2D eigenvalue weighted by Crippen LogP contribution is -2.45. The topological polar surface area (TPSA) is 90.5 Å². The fourth-order valence-corrected chi connectivity index (χ4v) is 3.29. The van der Waals surface area contributed by atoms with Crippen molar-refractivity contribution in [2.75, 3.05) is 26.2 Å². The predicted octanol–water partition coefficient (Wildman–Crippen LogP) is 2.35. The number of aromatic amines is 1. The molecule has 1 atom stereocenters. The molecule has 0 radical (unpaired) electrons. The molecule has 3 rings (SSSR count). The summed E-state index contributed by atoms with van der Waals surface area (Å²) in [5, 5.41) is 20.2. The third-order valence-electron chi connectivity index (χ3n) is 4.46. The average Bonchev–Trinajstić information content (AvgIpc) is 3.19. The van der Waals surface area contributed by atoms with E-state index in [0.29, 0.717) is 27.9 Å². The molecular formula is C18H22Cl2N4O3. The van der Waals surface area contributed by atoms with E-state index in [9.17, 15) is 9.90 Å². The number of nitrogens with one attached hydrogen (secondary N) is 2. The van der Waals surface area contributed by atoms with Crippen LogP contribution in [0.5, 0.6) is 5.75 Å². The van der Waals surface area contributed by atoms with Crippen LogP contribution in [-0.2, 0) is 0 Å². The second-order valence-corrected chi connectivity index (χ2v) is 7.36. The summed E-state index contributed by atoms with van der Waals surface area (Å²) in [5.41, 5.74) is 0.447. The van der Waals surface area contributed by atoms with Gasteiger partial charge in [-0.3, -0.25) is 9.89 Å². The second kappa shape index (κ2) is 9.41. The molecule has 2 heterocycles. The van der Waals surface area contributed by atoms with Gasteiger partial charge in [0.1, 0.15) is 11.9 Å². The Balaban J connectivity index is 1.37. The number of benzene rings is 1. The maximum Gasteiger partial charge on any atom is 0.254 e. The van der Waals surface area contributed by atoms with Gasteiger partial charge in [-0.05, 0) is 25.0 Å². The average molecular weight is 413 g/mol. The van der Waals surface area contributed by atoms with Gasteiger partial charge in [0.15, 0.2) is 0 Å². The van der Waals surface area contributed by atoms with E-state index in [1.807, 2.05) is 6.07 Å². The van der Waals surface area contributed by atoms with Crippen molar-refractivity contribution in [3.05, 3.63) is 46.2 Å². The van der Waals surface area contributed by atoms with E-state index in [0.717, 1.165) is 25.9 Å². The minimum absolute atomic E-state index is 0.108. The summed E-state index contributed by atoms with van der Waals surface area (Å²) in [7, 11) is 0. The Kier molecular flexibility index (Phi) is 6.95. The van der Waals surface area contributed by atoms with Crippen molar-refractivity contribution in [1.82, 2.24) is 20.4 Å². The van der Waals surface area contributed by atoms with Gasteiger partial charge in [0.2, 0.25) is 0 Å². The van der Waals surface area contributed by atoms with Crippen LogP contribution in [0.1, 0.15) is 23.2 Å². The molecule has 0 aliphatic carbocycles. The van der Waals surface area contributed by atoms with Crippen LogP contribution < -0.4 is 10.1 Å². The van der Waals surface area contributed by atoms with Crippen molar-refractivity contribution in [2.24, 2.45) is 0 Å². The molecule has 1 aromatic carbocycles. The zero-order valence-corrected chi connectivity index (χ0v) is 16.2. The van der Waals surface area contributed by atoms with E-state index in [4.69, 9.17) is 27.9 Å². The molecular weight excluding hydrogens is 391 g/mol. The van der Waals surface area contributed by atoms with Gasteiger partial charge in [0.05, 0.1) is 27.9 Å². The lowest BCUT2D eigenvalue weighted by molar-refractivity contribution is 0.0594. The van der Waals surface area contributed by atoms with Crippen LogP contribution in [0, 0.1) is 0 Å². The summed E-state index contributed by atoms with van der Waals surface area (Å²) in [6.45, 7) is 2.34. The number of aromatic nitrogens is 2. The number of likely N-dealkylation sites (tertiary alicyclic amines) is 1. The van der Waals surface area contributed by atoms with E-state index in [-0.39, 0.29) is 18.6 Å². The van der Waals surface area contributed by atoms with Gasteiger partial charge in [-0.1, -0.05) is 23.2 Å². The molecule has 27 heavy (non-hydrogen) atoms. The Morgan fingerprint density at radius 2 is 2.15 bits per heavy atom. The molecule has 1 fully saturated rings.